The van der Waals surface area contributed by atoms with Gasteiger partial charge in [-0.1, -0.05) is 19.9 Å². The SMILES string of the molecule is COC(=O)C(N)C(C)(C)c1ccc(O)c(O)c1. The summed E-state index contributed by atoms with van der Waals surface area (Å²) < 4.78 is 4.60. The van der Waals surface area contributed by atoms with Crippen molar-refractivity contribution in [2.45, 2.75) is 25.3 Å². The molecular weight excluding hydrogens is 222 g/mol. The molecule has 0 aliphatic carbocycles. The Morgan fingerprint density at radius 2 is 1.94 bits per heavy atom. The maximum Gasteiger partial charge on any atom is 0.323 e. The van der Waals surface area contributed by atoms with Gasteiger partial charge < -0.3 is 20.7 Å². The number of methoxy groups -OCH3 is 1. The Morgan fingerprint density at radius 1 is 1.35 bits per heavy atom. The van der Waals surface area contributed by atoms with E-state index in [1.165, 1.54) is 19.2 Å². The van der Waals surface area contributed by atoms with Crippen molar-refractivity contribution in [1.82, 2.24) is 0 Å². The lowest BCUT2D eigenvalue weighted by Crippen LogP contribution is -2.47. The van der Waals surface area contributed by atoms with Crippen LogP contribution in [-0.4, -0.2) is 29.3 Å². The van der Waals surface area contributed by atoms with E-state index >= 15 is 0 Å². The molecule has 1 aromatic carbocycles. The Labute approximate surface area is 99.8 Å². The highest BCUT2D eigenvalue weighted by molar-refractivity contribution is 5.77. The van der Waals surface area contributed by atoms with Crippen LogP contribution in [0.1, 0.15) is 19.4 Å². The van der Waals surface area contributed by atoms with Crippen LogP contribution in [0.5, 0.6) is 11.5 Å². The number of carbonyl (C=O) groups excluding carboxylic acids is 1. The first-order valence-electron chi connectivity index (χ1n) is 5.16. The van der Waals surface area contributed by atoms with E-state index in [4.69, 9.17) is 5.73 Å². The number of hydrogen-bond donors (Lipinski definition) is 3. The Balaban J connectivity index is 3.11. The van der Waals surface area contributed by atoms with Crippen LogP contribution >= 0.6 is 0 Å². The van der Waals surface area contributed by atoms with E-state index in [0.29, 0.717) is 5.56 Å². The second-order valence-electron chi connectivity index (χ2n) is 4.43. The fraction of sp³-hybridized carbons (Fsp3) is 0.417. The molecule has 17 heavy (non-hydrogen) atoms. The van der Waals surface area contributed by atoms with Crippen molar-refractivity contribution in [2.24, 2.45) is 5.73 Å². The van der Waals surface area contributed by atoms with Gasteiger partial charge in [0.15, 0.2) is 11.5 Å². The zero-order valence-electron chi connectivity index (χ0n) is 10.1. The molecule has 0 saturated heterocycles. The molecular formula is C12H17NO4. The van der Waals surface area contributed by atoms with E-state index in [1.807, 2.05) is 0 Å². The van der Waals surface area contributed by atoms with Gasteiger partial charge in [0.25, 0.3) is 0 Å². The van der Waals surface area contributed by atoms with Gasteiger partial charge in [-0.3, -0.25) is 4.79 Å². The number of hydrogen-bond acceptors (Lipinski definition) is 5. The summed E-state index contributed by atoms with van der Waals surface area (Å²) in [4.78, 5) is 11.4. The molecule has 0 aromatic heterocycles. The van der Waals surface area contributed by atoms with Gasteiger partial charge in [0.2, 0.25) is 0 Å². The van der Waals surface area contributed by atoms with Gasteiger partial charge in [0, 0.05) is 5.41 Å². The average molecular weight is 239 g/mol. The van der Waals surface area contributed by atoms with Crippen LogP contribution in [0.4, 0.5) is 0 Å². The normalized spacial score (nSPS) is 13.2. The summed E-state index contributed by atoms with van der Waals surface area (Å²) in [7, 11) is 1.27. The number of phenolic OH excluding ortho intramolecular Hbond substituents is 2. The highest BCUT2D eigenvalue weighted by Crippen LogP contribution is 2.33. The Morgan fingerprint density at radius 3 is 2.41 bits per heavy atom. The quantitative estimate of drug-likeness (QED) is 0.537. The number of carbonyl (C=O) groups is 1. The molecule has 0 radical (unpaired) electrons. The van der Waals surface area contributed by atoms with Crippen LogP contribution < -0.4 is 5.73 Å². The van der Waals surface area contributed by atoms with Crippen molar-refractivity contribution >= 4 is 5.97 Å². The zero-order chi connectivity index (χ0) is 13.2. The maximum atomic E-state index is 11.4. The third kappa shape index (κ3) is 2.50. The van der Waals surface area contributed by atoms with Gasteiger partial charge >= 0.3 is 5.97 Å². The van der Waals surface area contributed by atoms with E-state index < -0.39 is 17.4 Å². The Hall–Kier alpha value is -1.75. The Bertz CT molecular complexity index is 429. The van der Waals surface area contributed by atoms with Crippen LogP contribution in [0.3, 0.4) is 0 Å². The molecule has 0 amide bonds. The smallest absolute Gasteiger partial charge is 0.323 e. The predicted octanol–water partition coefficient (Wildman–Crippen LogP) is 0.876. The highest BCUT2D eigenvalue weighted by Gasteiger charge is 2.34. The van der Waals surface area contributed by atoms with E-state index in [2.05, 4.69) is 4.74 Å². The summed E-state index contributed by atoms with van der Waals surface area (Å²) in [5.41, 5.74) is 5.74. The van der Waals surface area contributed by atoms with Crippen molar-refractivity contribution in [3.63, 3.8) is 0 Å². The molecule has 0 bridgehead atoms. The molecule has 1 unspecified atom stereocenters. The Kier molecular flexibility index (Phi) is 3.63. The summed E-state index contributed by atoms with van der Waals surface area (Å²) >= 11 is 0. The summed E-state index contributed by atoms with van der Waals surface area (Å²) in [6.45, 7) is 3.53. The van der Waals surface area contributed by atoms with E-state index in [1.54, 1.807) is 19.9 Å². The number of nitrogens with two attached hydrogens (primary N) is 1. The number of benzene rings is 1. The number of phenols is 2. The molecule has 1 atom stereocenters. The summed E-state index contributed by atoms with van der Waals surface area (Å²) in [5.74, 6) is -0.980. The van der Waals surface area contributed by atoms with Crippen molar-refractivity contribution in [1.29, 1.82) is 0 Å². The van der Waals surface area contributed by atoms with E-state index in [9.17, 15) is 15.0 Å². The summed E-state index contributed by atoms with van der Waals surface area (Å²) in [6.07, 6.45) is 0. The molecule has 0 spiro atoms. The predicted molar refractivity (Wildman–Crippen MR) is 62.8 cm³/mol. The second-order valence-corrected chi connectivity index (χ2v) is 4.43. The molecule has 0 aliphatic heterocycles. The molecule has 0 saturated carbocycles. The van der Waals surface area contributed by atoms with Crippen LogP contribution in [0.25, 0.3) is 0 Å². The van der Waals surface area contributed by atoms with Crippen molar-refractivity contribution in [3.8, 4) is 11.5 Å². The minimum atomic E-state index is -0.851. The molecule has 0 fully saturated rings. The molecule has 4 N–H and O–H groups in total. The van der Waals surface area contributed by atoms with Crippen LogP contribution in [0.15, 0.2) is 18.2 Å². The third-order valence-corrected chi connectivity index (χ3v) is 2.95. The number of esters is 1. The summed E-state index contributed by atoms with van der Waals surface area (Å²) in [5, 5.41) is 18.7. The minimum absolute atomic E-state index is 0.212. The standard InChI is InChI=1S/C12H17NO4/c1-12(2,10(13)11(16)17-3)7-4-5-8(14)9(15)6-7/h4-6,10,14-15H,13H2,1-3H3. The average Bonchev–Trinajstić information content (AvgIpc) is 2.30. The molecule has 5 heteroatoms. The first kappa shape index (κ1) is 13.3. The fourth-order valence-corrected chi connectivity index (χ4v) is 1.53. The lowest BCUT2D eigenvalue weighted by molar-refractivity contribution is -0.143. The van der Waals surface area contributed by atoms with Crippen molar-refractivity contribution in [2.75, 3.05) is 7.11 Å². The van der Waals surface area contributed by atoms with Gasteiger partial charge in [0.05, 0.1) is 7.11 Å². The maximum absolute atomic E-state index is 11.4. The minimum Gasteiger partial charge on any atom is -0.504 e. The van der Waals surface area contributed by atoms with E-state index in [-0.39, 0.29) is 11.5 Å². The summed E-state index contributed by atoms with van der Waals surface area (Å²) in [6, 6.07) is 3.50. The first-order chi connectivity index (χ1) is 7.80. The first-order valence-corrected chi connectivity index (χ1v) is 5.16. The number of ether oxygens (including phenoxy) is 1. The lowest BCUT2D eigenvalue weighted by Gasteiger charge is -2.30. The molecule has 1 rings (SSSR count). The second kappa shape index (κ2) is 4.63. The van der Waals surface area contributed by atoms with Crippen molar-refractivity contribution in [3.05, 3.63) is 23.8 Å². The fourth-order valence-electron chi connectivity index (χ4n) is 1.53. The molecule has 94 valence electrons. The van der Waals surface area contributed by atoms with Gasteiger partial charge in [-0.05, 0) is 17.7 Å². The van der Waals surface area contributed by atoms with Gasteiger partial charge in [0.1, 0.15) is 6.04 Å². The molecule has 1 aromatic rings. The third-order valence-electron chi connectivity index (χ3n) is 2.95. The van der Waals surface area contributed by atoms with E-state index in [0.717, 1.165) is 0 Å². The van der Waals surface area contributed by atoms with Gasteiger partial charge in [-0.25, -0.2) is 0 Å². The lowest BCUT2D eigenvalue weighted by atomic mass is 9.78. The largest absolute Gasteiger partial charge is 0.504 e. The highest BCUT2D eigenvalue weighted by atomic mass is 16.5. The monoisotopic (exact) mass is 239 g/mol. The van der Waals surface area contributed by atoms with Crippen LogP contribution in [0, 0.1) is 0 Å². The molecule has 0 aliphatic rings. The van der Waals surface area contributed by atoms with Gasteiger partial charge in [-0.15, -0.1) is 0 Å². The number of rotatable bonds is 3. The topological polar surface area (TPSA) is 92.8 Å². The number of aromatic hydroxyl groups is 2. The zero-order valence-corrected chi connectivity index (χ0v) is 10.1. The molecule has 0 heterocycles. The molecule has 5 nitrogen and oxygen atoms in total. The van der Waals surface area contributed by atoms with Crippen LogP contribution in [-0.2, 0) is 14.9 Å². The van der Waals surface area contributed by atoms with Gasteiger partial charge in [-0.2, -0.15) is 0 Å². The van der Waals surface area contributed by atoms with Crippen LogP contribution in [0.2, 0.25) is 0 Å². The van der Waals surface area contributed by atoms with Crippen molar-refractivity contribution < 1.29 is 19.7 Å².